The van der Waals surface area contributed by atoms with Crippen LogP contribution in [0.2, 0.25) is 0 Å². The number of rotatable bonds is 2. The van der Waals surface area contributed by atoms with Crippen LogP contribution in [-0.4, -0.2) is 46.9 Å². The van der Waals surface area contributed by atoms with E-state index in [0.717, 1.165) is 22.9 Å². The van der Waals surface area contributed by atoms with Gasteiger partial charge in [0.15, 0.2) is 0 Å². The van der Waals surface area contributed by atoms with Crippen molar-refractivity contribution in [2.24, 2.45) is 0 Å². The molecule has 1 aromatic rings. The highest BCUT2D eigenvalue weighted by atomic mass is 79.9. The SMILES string of the molecule is CN1CN(C(=O)C2(c3cncc(Br)c3)CC2)CC1=O. The largest absolute Gasteiger partial charge is 0.326 e. The van der Waals surface area contributed by atoms with Gasteiger partial charge in [0.1, 0.15) is 6.54 Å². The summed E-state index contributed by atoms with van der Waals surface area (Å²) in [5, 5.41) is 0. The van der Waals surface area contributed by atoms with E-state index in [1.807, 2.05) is 6.07 Å². The summed E-state index contributed by atoms with van der Waals surface area (Å²) in [5.74, 6) is 0.0432. The Morgan fingerprint density at radius 3 is 2.68 bits per heavy atom. The first kappa shape index (κ1) is 12.6. The predicted molar refractivity (Wildman–Crippen MR) is 72.2 cm³/mol. The number of likely N-dealkylation sites (N-methyl/N-ethyl adjacent to an activating group) is 1. The molecule has 1 saturated heterocycles. The Labute approximate surface area is 119 Å². The maximum Gasteiger partial charge on any atom is 0.243 e. The van der Waals surface area contributed by atoms with Crippen molar-refractivity contribution in [3.8, 4) is 0 Å². The molecule has 0 aromatic carbocycles. The second-order valence-electron chi connectivity index (χ2n) is 5.21. The second-order valence-corrected chi connectivity index (χ2v) is 6.13. The topological polar surface area (TPSA) is 53.5 Å². The summed E-state index contributed by atoms with van der Waals surface area (Å²) in [5.41, 5.74) is 0.483. The van der Waals surface area contributed by atoms with E-state index >= 15 is 0 Å². The van der Waals surface area contributed by atoms with E-state index in [-0.39, 0.29) is 18.4 Å². The fourth-order valence-corrected chi connectivity index (χ4v) is 2.90. The van der Waals surface area contributed by atoms with Crippen LogP contribution < -0.4 is 0 Å². The summed E-state index contributed by atoms with van der Waals surface area (Å²) in [6, 6.07) is 1.94. The highest BCUT2D eigenvalue weighted by molar-refractivity contribution is 9.10. The Balaban J connectivity index is 1.86. The number of amides is 2. The molecule has 0 atom stereocenters. The van der Waals surface area contributed by atoms with Crippen molar-refractivity contribution in [2.75, 3.05) is 20.3 Å². The third kappa shape index (κ3) is 2.04. The highest BCUT2D eigenvalue weighted by Gasteiger charge is 2.54. The number of hydrogen-bond donors (Lipinski definition) is 0. The highest BCUT2D eigenvalue weighted by Crippen LogP contribution is 2.50. The lowest BCUT2D eigenvalue weighted by atomic mass is 9.96. The van der Waals surface area contributed by atoms with Gasteiger partial charge >= 0.3 is 0 Å². The normalized spacial score (nSPS) is 20.8. The molecule has 2 aliphatic rings. The van der Waals surface area contributed by atoms with Gasteiger partial charge in [0.2, 0.25) is 11.8 Å². The summed E-state index contributed by atoms with van der Waals surface area (Å²) in [4.78, 5) is 31.5. The van der Waals surface area contributed by atoms with Crippen molar-refractivity contribution in [2.45, 2.75) is 18.3 Å². The van der Waals surface area contributed by atoms with Crippen LogP contribution in [0.4, 0.5) is 0 Å². The van der Waals surface area contributed by atoms with Crippen LogP contribution in [0.25, 0.3) is 0 Å². The molecule has 6 heteroatoms. The number of halogens is 1. The Bertz CT molecular complexity index is 557. The maximum absolute atomic E-state index is 12.6. The fraction of sp³-hybridized carbons (Fsp3) is 0.462. The molecule has 0 bridgehead atoms. The summed E-state index contributed by atoms with van der Waals surface area (Å²) in [7, 11) is 1.72. The van der Waals surface area contributed by atoms with Crippen LogP contribution in [0.1, 0.15) is 18.4 Å². The first-order valence-electron chi connectivity index (χ1n) is 6.17. The van der Waals surface area contributed by atoms with Gasteiger partial charge in [-0.2, -0.15) is 0 Å². The molecule has 0 N–H and O–H groups in total. The Morgan fingerprint density at radius 2 is 2.16 bits per heavy atom. The molecule has 100 valence electrons. The van der Waals surface area contributed by atoms with E-state index in [1.54, 1.807) is 29.2 Å². The molecule has 1 aliphatic carbocycles. The van der Waals surface area contributed by atoms with Crippen LogP contribution >= 0.6 is 15.9 Å². The Kier molecular flexibility index (Phi) is 2.85. The number of nitrogens with zero attached hydrogens (tertiary/aromatic N) is 3. The molecule has 2 amide bonds. The van der Waals surface area contributed by atoms with Crippen molar-refractivity contribution >= 4 is 27.7 Å². The lowest BCUT2D eigenvalue weighted by Gasteiger charge is -2.22. The average Bonchev–Trinajstić information content (AvgIpc) is 3.12. The van der Waals surface area contributed by atoms with Gasteiger partial charge in [-0.1, -0.05) is 0 Å². The van der Waals surface area contributed by atoms with E-state index in [2.05, 4.69) is 20.9 Å². The zero-order valence-electron chi connectivity index (χ0n) is 10.6. The van der Waals surface area contributed by atoms with Gasteiger partial charge in [0, 0.05) is 23.9 Å². The van der Waals surface area contributed by atoms with E-state index in [1.165, 1.54) is 0 Å². The first-order chi connectivity index (χ1) is 9.03. The lowest BCUT2D eigenvalue weighted by Crippen LogP contribution is -2.38. The quantitative estimate of drug-likeness (QED) is 0.820. The zero-order valence-corrected chi connectivity index (χ0v) is 12.2. The van der Waals surface area contributed by atoms with Crippen LogP contribution in [0, 0.1) is 0 Å². The third-order valence-electron chi connectivity index (χ3n) is 3.84. The van der Waals surface area contributed by atoms with Gasteiger partial charge in [-0.25, -0.2) is 0 Å². The van der Waals surface area contributed by atoms with Gasteiger partial charge in [-0.15, -0.1) is 0 Å². The van der Waals surface area contributed by atoms with Gasteiger partial charge < -0.3 is 9.80 Å². The predicted octanol–water partition coefficient (Wildman–Crippen LogP) is 1.13. The van der Waals surface area contributed by atoms with Crippen LogP contribution in [-0.2, 0) is 15.0 Å². The fourth-order valence-electron chi connectivity index (χ4n) is 2.53. The molecule has 0 unspecified atom stereocenters. The molecule has 0 radical (unpaired) electrons. The van der Waals surface area contributed by atoms with Gasteiger partial charge in [0.25, 0.3) is 0 Å². The maximum atomic E-state index is 12.6. The molecule has 19 heavy (non-hydrogen) atoms. The molecule has 5 nitrogen and oxygen atoms in total. The summed E-state index contributed by atoms with van der Waals surface area (Å²) in [6.45, 7) is 0.583. The van der Waals surface area contributed by atoms with Crippen LogP contribution in [0.3, 0.4) is 0 Å². The van der Waals surface area contributed by atoms with E-state index in [0.29, 0.717) is 6.67 Å². The standard InChI is InChI=1S/C13H14BrN3O2/c1-16-8-17(7-11(16)18)12(19)13(2-3-13)9-4-10(14)6-15-5-9/h4-6H,2-3,7-8H2,1H3. The van der Waals surface area contributed by atoms with Crippen molar-refractivity contribution in [1.82, 2.24) is 14.8 Å². The second kappa shape index (κ2) is 4.30. The minimum Gasteiger partial charge on any atom is -0.326 e. The number of hydrogen-bond acceptors (Lipinski definition) is 3. The molecule has 2 fully saturated rings. The number of pyridine rings is 1. The van der Waals surface area contributed by atoms with Gasteiger partial charge in [-0.05, 0) is 40.4 Å². The molecular weight excluding hydrogens is 310 g/mol. The molecule has 1 aliphatic heterocycles. The van der Waals surface area contributed by atoms with Crippen LogP contribution in [0.15, 0.2) is 22.9 Å². The molecule has 1 saturated carbocycles. The minimum absolute atomic E-state index is 0.00322. The molecule has 2 heterocycles. The third-order valence-corrected chi connectivity index (χ3v) is 4.27. The monoisotopic (exact) mass is 323 g/mol. The molecule has 0 spiro atoms. The smallest absolute Gasteiger partial charge is 0.243 e. The average molecular weight is 324 g/mol. The molecular formula is C13H14BrN3O2. The Morgan fingerprint density at radius 1 is 1.42 bits per heavy atom. The zero-order chi connectivity index (χ0) is 13.6. The number of carbonyl (C=O) groups excluding carboxylic acids is 2. The first-order valence-corrected chi connectivity index (χ1v) is 6.97. The lowest BCUT2D eigenvalue weighted by molar-refractivity contribution is -0.134. The van der Waals surface area contributed by atoms with E-state index < -0.39 is 5.41 Å². The molecule has 1 aromatic heterocycles. The summed E-state index contributed by atoms with van der Waals surface area (Å²) < 4.78 is 0.874. The van der Waals surface area contributed by atoms with E-state index in [4.69, 9.17) is 0 Å². The van der Waals surface area contributed by atoms with Gasteiger partial charge in [-0.3, -0.25) is 14.6 Å². The van der Waals surface area contributed by atoms with Crippen molar-refractivity contribution in [1.29, 1.82) is 0 Å². The van der Waals surface area contributed by atoms with E-state index in [9.17, 15) is 9.59 Å². The number of aromatic nitrogens is 1. The molecule has 3 rings (SSSR count). The van der Waals surface area contributed by atoms with Crippen molar-refractivity contribution < 1.29 is 9.59 Å². The summed E-state index contributed by atoms with van der Waals surface area (Å²) >= 11 is 3.38. The number of carbonyl (C=O) groups is 2. The van der Waals surface area contributed by atoms with Crippen molar-refractivity contribution in [3.05, 3.63) is 28.5 Å². The van der Waals surface area contributed by atoms with Crippen LogP contribution in [0.5, 0.6) is 0 Å². The van der Waals surface area contributed by atoms with Gasteiger partial charge in [0.05, 0.1) is 12.1 Å². The minimum atomic E-state index is -0.456. The summed E-state index contributed by atoms with van der Waals surface area (Å²) in [6.07, 6.45) is 5.12. The Hall–Kier alpha value is -1.43. The van der Waals surface area contributed by atoms with Crippen molar-refractivity contribution in [3.63, 3.8) is 0 Å².